The molecule has 0 unspecified atom stereocenters. The van der Waals surface area contributed by atoms with Gasteiger partial charge in [-0.1, -0.05) is 13.8 Å². The molecule has 0 aliphatic carbocycles. The molecule has 1 atom stereocenters. The second-order valence-electron chi connectivity index (χ2n) is 3.95. The van der Waals surface area contributed by atoms with Gasteiger partial charge in [0.1, 0.15) is 6.04 Å². The highest BCUT2D eigenvalue weighted by molar-refractivity contribution is 5.97. The average Bonchev–Trinajstić information content (AvgIpc) is 2.35. The van der Waals surface area contributed by atoms with Gasteiger partial charge in [-0.25, -0.2) is 5.84 Å². The molecule has 0 aliphatic heterocycles. The summed E-state index contributed by atoms with van der Waals surface area (Å²) in [6.07, 6.45) is 3.01. The summed E-state index contributed by atoms with van der Waals surface area (Å²) < 4.78 is 0. The highest BCUT2D eigenvalue weighted by atomic mass is 16.2. The van der Waals surface area contributed by atoms with Gasteiger partial charge in [0.15, 0.2) is 0 Å². The first-order chi connectivity index (χ1) is 8.06. The van der Waals surface area contributed by atoms with Gasteiger partial charge in [0.25, 0.3) is 11.8 Å². The van der Waals surface area contributed by atoms with Crippen LogP contribution in [0.15, 0.2) is 24.5 Å². The van der Waals surface area contributed by atoms with Crippen LogP contribution in [0, 0.1) is 5.92 Å². The first-order valence-electron chi connectivity index (χ1n) is 5.27. The van der Waals surface area contributed by atoms with E-state index >= 15 is 0 Å². The number of hydrogen-bond acceptors (Lipinski definition) is 4. The minimum atomic E-state index is -0.660. The van der Waals surface area contributed by atoms with E-state index in [1.807, 2.05) is 19.3 Å². The molecule has 4 N–H and O–H groups in total. The van der Waals surface area contributed by atoms with Crippen molar-refractivity contribution < 1.29 is 9.59 Å². The molecule has 0 saturated heterocycles. The summed E-state index contributed by atoms with van der Waals surface area (Å²) in [6.45, 7) is 3.65. The molecule has 6 heteroatoms. The Hall–Kier alpha value is -1.95. The minimum Gasteiger partial charge on any atom is -0.340 e. The molecule has 92 valence electrons. The second kappa shape index (κ2) is 5.95. The summed E-state index contributed by atoms with van der Waals surface area (Å²) in [7, 11) is 0. The fourth-order valence-corrected chi connectivity index (χ4v) is 1.35. The van der Waals surface area contributed by atoms with E-state index in [0.29, 0.717) is 5.56 Å². The molecule has 17 heavy (non-hydrogen) atoms. The average molecular weight is 236 g/mol. The largest absolute Gasteiger partial charge is 0.340 e. The first kappa shape index (κ1) is 13.1. The van der Waals surface area contributed by atoms with Crippen molar-refractivity contribution in [2.24, 2.45) is 11.8 Å². The molecule has 0 aromatic carbocycles. The predicted octanol–water partition coefficient (Wildman–Crippen LogP) is -0.174. The smallest absolute Gasteiger partial charge is 0.256 e. The summed E-state index contributed by atoms with van der Waals surface area (Å²) in [5, 5.41) is 2.61. The van der Waals surface area contributed by atoms with Gasteiger partial charge in [0.05, 0.1) is 5.56 Å². The quantitative estimate of drug-likeness (QED) is 0.384. The number of amides is 2. The minimum absolute atomic E-state index is 0.0563. The van der Waals surface area contributed by atoms with Gasteiger partial charge in [-0.15, -0.1) is 0 Å². The zero-order valence-corrected chi connectivity index (χ0v) is 9.81. The number of nitrogens with two attached hydrogens (primary N) is 1. The number of rotatable bonds is 4. The highest BCUT2D eigenvalue weighted by Gasteiger charge is 2.23. The number of nitrogens with zero attached hydrogens (tertiary/aromatic N) is 1. The Morgan fingerprint density at radius 3 is 2.59 bits per heavy atom. The zero-order chi connectivity index (χ0) is 12.8. The van der Waals surface area contributed by atoms with Gasteiger partial charge in [-0.3, -0.25) is 20.0 Å². The van der Waals surface area contributed by atoms with Crippen molar-refractivity contribution in [2.75, 3.05) is 0 Å². The Morgan fingerprint density at radius 1 is 1.41 bits per heavy atom. The van der Waals surface area contributed by atoms with Crippen molar-refractivity contribution in [3.8, 4) is 0 Å². The lowest BCUT2D eigenvalue weighted by atomic mass is 10.0. The molecule has 1 heterocycles. The van der Waals surface area contributed by atoms with Gasteiger partial charge in [0.2, 0.25) is 0 Å². The third kappa shape index (κ3) is 3.53. The molecule has 6 nitrogen and oxygen atoms in total. The van der Waals surface area contributed by atoms with E-state index < -0.39 is 11.9 Å². The maximum Gasteiger partial charge on any atom is 0.256 e. The van der Waals surface area contributed by atoms with Gasteiger partial charge in [0, 0.05) is 12.4 Å². The van der Waals surface area contributed by atoms with Gasteiger partial charge in [-0.2, -0.15) is 0 Å². The molecule has 0 saturated carbocycles. The topological polar surface area (TPSA) is 97.1 Å². The molecule has 0 spiro atoms. The standard InChI is InChI=1S/C11H16N4O2/c1-7(2)9(11(17)15-12)14-10(16)8-4-3-5-13-6-8/h3-7,9H,12H2,1-2H3,(H,14,16)(H,15,17)/t9-/m0/s1. The maximum atomic E-state index is 11.8. The summed E-state index contributed by atoms with van der Waals surface area (Å²) in [5.74, 6) is 4.24. The highest BCUT2D eigenvalue weighted by Crippen LogP contribution is 2.04. The number of nitrogens with one attached hydrogen (secondary N) is 2. The summed E-state index contributed by atoms with van der Waals surface area (Å²) in [6, 6.07) is 2.62. The van der Waals surface area contributed by atoms with E-state index in [1.165, 1.54) is 6.20 Å². The molecule has 2 amide bonds. The van der Waals surface area contributed by atoms with E-state index in [2.05, 4.69) is 10.3 Å². The van der Waals surface area contributed by atoms with Crippen LogP contribution >= 0.6 is 0 Å². The summed E-state index contributed by atoms with van der Waals surface area (Å²) in [4.78, 5) is 27.1. The molecule has 1 aromatic heterocycles. The molecule has 0 fully saturated rings. The predicted molar refractivity (Wildman–Crippen MR) is 62.7 cm³/mol. The molecule has 1 aromatic rings. The van der Waals surface area contributed by atoms with Gasteiger partial charge >= 0.3 is 0 Å². The Kier molecular flexibility index (Phi) is 4.59. The zero-order valence-electron chi connectivity index (χ0n) is 9.81. The van der Waals surface area contributed by atoms with Crippen LogP contribution in [0.5, 0.6) is 0 Å². The summed E-state index contributed by atoms with van der Waals surface area (Å²) >= 11 is 0. The lowest BCUT2D eigenvalue weighted by molar-refractivity contribution is -0.124. The molecular formula is C11H16N4O2. The Balaban J connectivity index is 2.75. The van der Waals surface area contributed by atoms with E-state index in [0.717, 1.165) is 0 Å². The first-order valence-corrected chi connectivity index (χ1v) is 5.27. The van der Waals surface area contributed by atoms with Crippen LogP contribution in [-0.2, 0) is 4.79 Å². The van der Waals surface area contributed by atoms with Crippen molar-refractivity contribution in [2.45, 2.75) is 19.9 Å². The number of pyridine rings is 1. The van der Waals surface area contributed by atoms with Crippen LogP contribution < -0.4 is 16.6 Å². The van der Waals surface area contributed by atoms with E-state index in [1.54, 1.807) is 18.3 Å². The molecule has 0 aliphatic rings. The molecule has 1 rings (SSSR count). The van der Waals surface area contributed by atoms with Gasteiger partial charge in [-0.05, 0) is 18.1 Å². The number of hydrogen-bond donors (Lipinski definition) is 3. The normalized spacial score (nSPS) is 12.0. The fraction of sp³-hybridized carbons (Fsp3) is 0.364. The van der Waals surface area contributed by atoms with Crippen LogP contribution in [0.1, 0.15) is 24.2 Å². The van der Waals surface area contributed by atoms with Crippen molar-refractivity contribution >= 4 is 11.8 Å². The molecule has 0 radical (unpaired) electrons. The Bertz CT molecular complexity index is 392. The van der Waals surface area contributed by atoms with Crippen molar-refractivity contribution in [3.63, 3.8) is 0 Å². The Labute approximate surface area is 99.6 Å². The third-order valence-electron chi connectivity index (χ3n) is 2.30. The number of hydrazine groups is 1. The second-order valence-corrected chi connectivity index (χ2v) is 3.95. The lowest BCUT2D eigenvalue weighted by Crippen LogP contribution is -2.51. The Morgan fingerprint density at radius 2 is 2.12 bits per heavy atom. The summed E-state index contributed by atoms with van der Waals surface area (Å²) in [5.41, 5.74) is 2.44. The van der Waals surface area contributed by atoms with Crippen molar-refractivity contribution in [1.29, 1.82) is 0 Å². The third-order valence-corrected chi connectivity index (χ3v) is 2.30. The van der Waals surface area contributed by atoms with E-state index in [4.69, 9.17) is 5.84 Å². The SMILES string of the molecule is CC(C)[C@H](NC(=O)c1cccnc1)C(=O)NN. The van der Waals surface area contributed by atoms with Crippen LogP contribution in [0.2, 0.25) is 0 Å². The van der Waals surface area contributed by atoms with E-state index in [-0.39, 0.29) is 11.8 Å². The van der Waals surface area contributed by atoms with E-state index in [9.17, 15) is 9.59 Å². The lowest BCUT2D eigenvalue weighted by Gasteiger charge is -2.20. The molecule has 0 bridgehead atoms. The van der Waals surface area contributed by atoms with Crippen molar-refractivity contribution in [3.05, 3.63) is 30.1 Å². The number of aromatic nitrogens is 1. The maximum absolute atomic E-state index is 11.8. The van der Waals surface area contributed by atoms with Crippen LogP contribution in [0.4, 0.5) is 0 Å². The van der Waals surface area contributed by atoms with Crippen LogP contribution in [0.3, 0.4) is 0 Å². The van der Waals surface area contributed by atoms with Crippen molar-refractivity contribution in [1.82, 2.24) is 15.7 Å². The fourth-order valence-electron chi connectivity index (χ4n) is 1.35. The van der Waals surface area contributed by atoms with Crippen LogP contribution in [-0.4, -0.2) is 22.8 Å². The van der Waals surface area contributed by atoms with Crippen LogP contribution in [0.25, 0.3) is 0 Å². The number of carbonyl (C=O) groups excluding carboxylic acids is 2. The number of carbonyl (C=O) groups is 2. The monoisotopic (exact) mass is 236 g/mol. The van der Waals surface area contributed by atoms with Gasteiger partial charge < -0.3 is 5.32 Å². The molecular weight excluding hydrogens is 220 g/mol.